The van der Waals surface area contributed by atoms with Crippen molar-refractivity contribution in [3.8, 4) is 0 Å². The minimum atomic E-state index is 0.436. The molecule has 6 heteroatoms. The first-order chi connectivity index (χ1) is 9.83. The Morgan fingerprint density at radius 1 is 1.35 bits per heavy atom. The lowest BCUT2D eigenvalue weighted by Crippen LogP contribution is -2.21. The summed E-state index contributed by atoms with van der Waals surface area (Å²) in [5, 5.41) is 3.25. The number of aromatic nitrogens is 3. The van der Waals surface area contributed by atoms with Crippen molar-refractivity contribution in [1.29, 1.82) is 0 Å². The van der Waals surface area contributed by atoms with E-state index >= 15 is 0 Å². The zero-order valence-corrected chi connectivity index (χ0v) is 11.6. The van der Waals surface area contributed by atoms with Crippen molar-refractivity contribution in [1.82, 2.24) is 14.4 Å². The summed E-state index contributed by atoms with van der Waals surface area (Å²) in [6.07, 6.45) is 12.1. The summed E-state index contributed by atoms with van der Waals surface area (Å²) < 4.78 is 7.75. The van der Waals surface area contributed by atoms with Gasteiger partial charge in [-0.2, -0.15) is 0 Å². The summed E-state index contributed by atoms with van der Waals surface area (Å²) in [5.74, 6) is 1.19. The van der Waals surface area contributed by atoms with E-state index in [1.54, 1.807) is 12.4 Å². The van der Waals surface area contributed by atoms with Crippen LogP contribution < -0.4 is 11.1 Å². The van der Waals surface area contributed by atoms with Crippen molar-refractivity contribution in [3.05, 3.63) is 18.6 Å². The van der Waals surface area contributed by atoms with Crippen LogP contribution in [0.25, 0.3) is 5.65 Å². The van der Waals surface area contributed by atoms with Crippen LogP contribution in [0.5, 0.6) is 0 Å². The summed E-state index contributed by atoms with van der Waals surface area (Å²) >= 11 is 0. The third-order valence-corrected chi connectivity index (χ3v) is 3.69. The number of hydrogen-bond donors (Lipinski definition) is 2. The lowest BCUT2D eigenvalue weighted by molar-refractivity contribution is 0.0347. The Morgan fingerprint density at radius 2 is 2.20 bits per heavy atom. The normalized spacial score (nSPS) is 16.6. The van der Waals surface area contributed by atoms with E-state index < -0.39 is 0 Å². The van der Waals surface area contributed by atoms with E-state index in [9.17, 15) is 0 Å². The number of rotatable bonds is 5. The summed E-state index contributed by atoms with van der Waals surface area (Å²) in [5.41, 5.74) is 6.56. The van der Waals surface area contributed by atoms with Crippen molar-refractivity contribution >= 4 is 17.3 Å². The number of fused-ring (bicyclic) bond motifs is 1. The van der Waals surface area contributed by atoms with Gasteiger partial charge in [-0.1, -0.05) is 19.3 Å². The predicted octanol–water partition coefficient (Wildman–Crippen LogP) is 2.07. The SMILES string of the molecule is Nc1cn2ccnc2c(NCCOC2CCCCC2)n1. The van der Waals surface area contributed by atoms with E-state index in [-0.39, 0.29) is 0 Å². The predicted molar refractivity (Wildman–Crippen MR) is 78.7 cm³/mol. The molecule has 1 aliphatic carbocycles. The Labute approximate surface area is 118 Å². The number of imidazole rings is 1. The molecule has 0 radical (unpaired) electrons. The van der Waals surface area contributed by atoms with E-state index in [0.29, 0.717) is 24.3 Å². The lowest BCUT2D eigenvalue weighted by atomic mass is 9.98. The number of nitrogens with two attached hydrogens (primary N) is 1. The Bertz CT molecular complexity index is 562. The van der Waals surface area contributed by atoms with Crippen molar-refractivity contribution in [2.24, 2.45) is 0 Å². The van der Waals surface area contributed by atoms with E-state index in [4.69, 9.17) is 10.5 Å². The molecule has 1 aliphatic rings. The average Bonchev–Trinajstić information content (AvgIpc) is 2.92. The van der Waals surface area contributed by atoms with E-state index in [0.717, 1.165) is 12.2 Å². The molecule has 1 saturated carbocycles. The maximum Gasteiger partial charge on any atom is 0.180 e. The van der Waals surface area contributed by atoms with Gasteiger partial charge < -0.3 is 20.2 Å². The zero-order chi connectivity index (χ0) is 13.8. The molecule has 0 bridgehead atoms. The zero-order valence-electron chi connectivity index (χ0n) is 11.6. The molecular weight excluding hydrogens is 254 g/mol. The van der Waals surface area contributed by atoms with Crippen LogP contribution in [0.15, 0.2) is 18.6 Å². The molecule has 3 rings (SSSR count). The molecule has 20 heavy (non-hydrogen) atoms. The van der Waals surface area contributed by atoms with Crippen LogP contribution in [0.1, 0.15) is 32.1 Å². The van der Waals surface area contributed by atoms with Gasteiger partial charge in [-0.25, -0.2) is 9.97 Å². The van der Waals surface area contributed by atoms with Gasteiger partial charge in [-0.3, -0.25) is 0 Å². The first-order valence-corrected chi connectivity index (χ1v) is 7.27. The minimum absolute atomic E-state index is 0.436. The molecular formula is C14H21N5O. The molecule has 3 N–H and O–H groups in total. The van der Waals surface area contributed by atoms with Gasteiger partial charge in [0.15, 0.2) is 11.5 Å². The summed E-state index contributed by atoms with van der Waals surface area (Å²) in [7, 11) is 0. The van der Waals surface area contributed by atoms with Gasteiger partial charge in [0.1, 0.15) is 5.82 Å². The van der Waals surface area contributed by atoms with Crippen molar-refractivity contribution < 1.29 is 4.74 Å². The quantitative estimate of drug-likeness (QED) is 0.817. The second-order valence-corrected chi connectivity index (χ2v) is 5.23. The van der Waals surface area contributed by atoms with E-state index in [1.807, 2.05) is 10.6 Å². The van der Waals surface area contributed by atoms with Gasteiger partial charge in [0.25, 0.3) is 0 Å². The molecule has 0 aromatic carbocycles. The first-order valence-electron chi connectivity index (χ1n) is 7.27. The molecule has 2 aromatic heterocycles. The molecule has 0 spiro atoms. The Hall–Kier alpha value is -1.82. The maximum atomic E-state index is 5.88. The van der Waals surface area contributed by atoms with Crippen LogP contribution in [0.4, 0.5) is 11.6 Å². The van der Waals surface area contributed by atoms with Gasteiger partial charge in [0.2, 0.25) is 0 Å². The molecule has 6 nitrogen and oxygen atoms in total. The third-order valence-electron chi connectivity index (χ3n) is 3.69. The minimum Gasteiger partial charge on any atom is -0.382 e. The van der Waals surface area contributed by atoms with Crippen molar-refractivity contribution in [2.45, 2.75) is 38.2 Å². The Morgan fingerprint density at radius 3 is 3.05 bits per heavy atom. The highest BCUT2D eigenvalue weighted by Crippen LogP contribution is 2.20. The van der Waals surface area contributed by atoms with Gasteiger partial charge in [0.05, 0.1) is 18.9 Å². The first kappa shape index (κ1) is 13.2. The van der Waals surface area contributed by atoms with E-state index in [2.05, 4.69) is 15.3 Å². The number of nitrogens with one attached hydrogen (secondary N) is 1. The smallest absolute Gasteiger partial charge is 0.180 e. The summed E-state index contributed by atoms with van der Waals surface area (Å²) in [6.45, 7) is 1.41. The standard InChI is InChI=1S/C14H21N5O/c15-12-10-19-8-6-17-14(19)13(18-12)16-7-9-20-11-4-2-1-3-5-11/h6,8,10-11H,1-5,7,9,15H2,(H,16,18). The fourth-order valence-electron chi connectivity index (χ4n) is 2.70. The number of hydrogen-bond acceptors (Lipinski definition) is 5. The van der Waals surface area contributed by atoms with Crippen LogP contribution >= 0.6 is 0 Å². The molecule has 0 atom stereocenters. The fraction of sp³-hybridized carbons (Fsp3) is 0.571. The number of nitrogens with zero attached hydrogens (tertiary/aromatic N) is 3. The molecule has 2 aromatic rings. The number of nitrogen functional groups attached to an aromatic ring is 1. The largest absolute Gasteiger partial charge is 0.382 e. The van der Waals surface area contributed by atoms with Crippen LogP contribution in [0.3, 0.4) is 0 Å². The maximum absolute atomic E-state index is 5.88. The van der Waals surface area contributed by atoms with Crippen LogP contribution in [0, 0.1) is 0 Å². The van der Waals surface area contributed by atoms with Crippen LogP contribution in [-0.2, 0) is 4.74 Å². The van der Waals surface area contributed by atoms with Crippen LogP contribution in [-0.4, -0.2) is 33.6 Å². The highest BCUT2D eigenvalue weighted by molar-refractivity contribution is 5.64. The molecule has 0 amide bonds. The topological polar surface area (TPSA) is 77.5 Å². The molecule has 1 fully saturated rings. The summed E-state index contributed by atoms with van der Waals surface area (Å²) in [6, 6.07) is 0. The lowest BCUT2D eigenvalue weighted by Gasteiger charge is -2.22. The molecule has 0 unspecified atom stereocenters. The molecule has 0 saturated heterocycles. The van der Waals surface area contributed by atoms with Gasteiger partial charge in [-0.05, 0) is 12.8 Å². The van der Waals surface area contributed by atoms with Gasteiger partial charge >= 0.3 is 0 Å². The van der Waals surface area contributed by atoms with Gasteiger partial charge in [-0.15, -0.1) is 0 Å². The molecule has 108 valence electrons. The highest BCUT2D eigenvalue weighted by Gasteiger charge is 2.13. The second-order valence-electron chi connectivity index (χ2n) is 5.23. The molecule has 2 heterocycles. The van der Waals surface area contributed by atoms with Gasteiger partial charge in [0, 0.05) is 18.9 Å². The number of ether oxygens (including phenoxy) is 1. The second kappa shape index (κ2) is 6.09. The van der Waals surface area contributed by atoms with E-state index in [1.165, 1.54) is 32.1 Å². The monoisotopic (exact) mass is 275 g/mol. The van der Waals surface area contributed by atoms with Crippen LogP contribution in [0.2, 0.25) is 0 Å². The number of anilines is 2. The van der Waals surface area contributed by atoms with Crippen molar-refractivity contribution in [3.63, 3.8) is 0 Å². The van der Waals surface area contributed by atoms with Crippen molar-refractivity contribution in [2.75, 3.05) is 24.2 Å². The highest BCUT2D eigenvalue weighted by atomic mass is 16.5. The molecule has 0 aliphatic heterocycles. The average molecular weight is 275 g/mol. The Kier molecular flexibility index (Phi) is 4.01. The summed E-state index contributed by atoms with van der Waals surface area (Å²) in [4.78, 5) is 8.56. The Balaban J connectivity index is 1.53. The third kappa shape index (κ3) is 3.01. The fourth-order valence-corrected chi connectivity index (χ4v) is 2.70.